The van der Waals surface area contributed by atoms with Crippen LogP contribution in [0.15, 0.2) is 71.6 Å². The Morgan fingerprint density at radius 1 is 0.933 bits per heavy atom. The molecule has 0 radical (unpaired) electrons. The van der Waals surface area contributed by atoms with Gasteiger partial charge >= 0.3 is 0 Å². The molecule has 30 heavy (non-hydrogen) atoms. The van der Waals surface area contributed by atoms with Crippen molar-refractivity contribution in [3.8, 4) is 0 Å². The Bertz CT molecular complexity index is 743. The summed E-state index contributed by atoms with van der Waals surface area (Å²) in [6, 6.07) is 18.0. The summed E-state index contributed by atoms with van der Waals surface area (Å²) in [5, 5.41) is 0. The molecule has 0 bridgehead atoms. The molecule has 0 heterocycles. The van der Waals surface area contributed by atoms with Crippen LogP contribution in [0.3, 0.4) is 0 Å². The van der Waals surface area contributed by atoms with Gasteiger partial charge in [-0.05, 0) is 43.9 Å². The molecule has 2 N–H and O–H groups in total. The predicted octanol–water partition coefficient (Wildman–Crippen LogP) is 5.93. The molecule has 2 atom stereocenters. The Hall–Kier alpha value is -1.75. The first kappa shape index (κ1) is 24.5. The van der Waals surface area contributed by atoms with Crippen molar-refractivity contribution in [1.82, 2.24) is 0 Å². The number of hydrogen-bond acceptors (Lipinski definition) is 3. The van der Waals surface area contributed by atoms with E-state index in [2.05, 4.69) is 18.2 Å². The Labute approximate surface area is 185 Å². The lowest BCUT2D eigenvalue weighted by Crippen LogP contribution is -2.24. The summed E-state index contributed by atoms with van der Waals surface area (Å²) in [5.74, 6) is 0.478. The summed E-state index contributed by atoms with van der Waals surface area (Å²) in [6.07, 6.45) is 12.6. The van der Waals surface area contributed by atoms with Crippen molar-refractivity contribution in [3.63, 3.8) is 0 Å². The van der Waals surface area contributed by atoms with E-state index in [1.807, 2.05) is 55.5 Å². The highest BCUT2D eigenvalue weighted by atomic mass is 32.2. The molecule has 0 aliphatic heterocycles. The quantitative estimate of drug-likeness (QED) is 0.283. The highest BCUT2D eigenvalue weighted by Crippen LogP contribution is 2.11. The summed E-state index contributed by atoms with van der Waals surface area (Å²) in [6.45, 7) is 3.59. The van der Waals surface area contributed by atoms with E-state index >= 15 is 0 Å². The van der Waals surface area contributed by atoms with Gasteiger partial charge in [0.2, 0.25) is 0 Å². The molecule has 0 amide bonds. The lowest BCUT2D eigenvalue weighted by atomic mass is 10.1. The second-order valence-electron chi connectivity index (χ2n) is 7.87. The van der Waals surface area contributed by atoms with Crippen LogP contribution in [0, 0.1) is 6.92 Å². The van der Waals surface area contributed by atoms with Gasteiger partial charge in [0.25, 0.3) is 0 Å². The van der Waals surface area contributed by atoms with Crippen molar-refractivity contribution in [1.29, 1.82) is 0 Å². The van der Waals surface area contributed by atoms with Crippen LogP contribution in [-0.4, -0.2) is 22.6 Å². The van der Waals surface area contributed by atoms with Crippen molar-refractivity contribution >= 4 is 10.8 Å². The molecule has 0 fully saturated rings. The molecular formula is C26H37NO2S. The van der Waals surface area contributed by atoms with Crippen LogP contribution in [-0.2, 0) is 22.1 Å². The summed E-state index contributed by atoms with van der Waals surface area (Å²) in [5.41, 5.74) is 8.53. The van der Waals surface area contributed by atoms with Crippen molar-refractivity contribution in [2.75, 3.05) is 12.4 Å². The SMILES string of the molecule is Cc1ccc([S@](=O)C[C@H](N)/C=C/CCCCCCCCOCc2ccccc2)cc1. The van der Waals surface area contributed by atoms with E-state index in [9.17, 15) is 4.21 Å². The Balaban J connectivity index is 1.42. The number of benzene rings is 2. The number of aryl methyl sites for hydroxylation is 1. The number of unbranched alkanes of at least 4 members (excludes halogenated alkanes) is 6. The van der Waals surface area contributed by atoms with Crippen LogP contribution in [0.4, 0.5) is 0 Å². The molecule has 3 nitrogen and oxygen atoms in total. The molecule has 0 saturated carbocycles. The number of ether oxygens (including phenoxy) is 1. The highest BCUT2D eigenvalue weighted by molar-refractivity contribution is 7.85. The summed E-state index contributed by atoms with van der Waals surface area (Å²) in [4.78, 5) is 0.856. The normalized spacial score (nSPS) is 13.5. The summed E-state index contributed by atoms with van der Waals surface area (Å²) in [7, 11) is -1.03. The van der Waals surface area contributed by atoms with E-state index in [1.165, 1.54) is 43.2 Å². The van der Waals surface area contributed by atoms with Gasteiger partial charge in [-0.1, -0.05) is 85.9 Å². The first-order chi connectivity index (χ1) is 14.6. The number of nitrogens with two attached hydrogens (primary N) is 1. The number of allylic oxidation sites excluding steroid dienone is 1. The molecule has 0 saturated heterocycles. The van der Waals surface area contributed by atoms with E-state index in [0.29, 0.717) is 12.4 Å². The monoisotopic (exact) mass is 427 g/mol. The topological polar surface area (TPSA) is 52.3 Å². The average molecular weight is 428 g/mol. The van der Waals surface area contributed by atoms with E-state index < -0.39 is 10.8 Å². The molecule has 2 rings (SSSR count). The van der Waals surface area contributed by atoms with Gasteiger partial charge in [-0.2, -0.15) is 0 Å². The van der Waals surface area contributed by atoms with Gasteiger partial charge in [0.1, 0.15) is 0 Å². The van der Waals surface area contributed by atoms with Gasteiger partial charge in [0.15, 0.2) is 0 Å². The van der Waals surface area contributed by atoms with Crippen LogP contribution >= 0.6 is 0 Å². The van der Waals surface area contributed by atoms with E-state index in [0.717, 1.165) is 24.3 Å². The average Bonchev–Trinajstić information content (AvgIpc) is 2.75. The smallest absolute Gasteiger partial charge is 0.0716 e. The highest BCUT2D eigenvalue weighted by Gasteiger charge is 2.07. The maximum atomic E-state index is 12.3. The van der Waals surface area contributed by atoms with Gasteiger partial charge in [0, 0.05) is 23.3 Å². The van der Waals surface area contributed by atoms with Gasteiger partial charge in [-0.25, -0.2) is 0 Å². The van der Waals surface area contributed by atoms with Crippen molar-refractivity contribution in [3.05, 3.63) is 77.9 Å². The second kappa shape index (κ2) is 15.1. The van der Waals surface area contributed by atoms with Gasteiger partial charge < -0.3 is 10.5 Å². The van der Waals surface area contributed by atoms with Crippen LogP contribution in [0.2, 0.25) is 0 Å². The lowest BCUT2D eigenvalue weighted by Gasteiger charge is -2.07. The minimum absolute atomic E-state index is 0.150. The molecule has 0 aliphatic carbocycles. The zero-order valence-corrected chi connectivity index (χ0v) is 19.1. The molecule has 0 aromatic heterocycles. The van der Waals surface area contributed by atoms with E-state index in [-0.39, 0.29) is 6.04 Å². The van der Waals surface area contributed by atoms with Crippen LogP contribution in [0.25, 0.3) is 0 Å². The van der Waals surface area contributed by atoms with Crippen LogP contribution in [0.1, 0.15) is 56.1 Å². The number of rotatable bonds is 15. The zero-order valence-electron chi connectivity index (χ0n) is 18.3. The summed E-state index contributed by atoms with van der Waals surface area (Å²) >= 11 is 0. The molecule has 2 aromatic rings. The Morgan fingerprint density at radius 3 is 2.33 bits per heavy atom. The fraction of sp³-hybridized carbons (Fsp3) is 0.462. The van der Waals surface area contributed by atoms with Crippen molar-refractivity contribution < 1.29 is 8.95 Å². The second-order valence-corrected chi connectivity index (χ2v) is 9.36. The van der Waals surface area contributed by atoms with Crippen molar-refractivity contribution in [2.24, 2.45) is 5.73 Å². The molecule has 2 aromatic carbocycles. The number of hydrogen-bond donors (Lipinski definition) is 1. The molecule has 0 aliphatic rings. The summed E-state index contributed by atoms with van der Waals surface area (Å²) < 4.78 is 18.0. The fourth-order valence-electron chi connectivity index (χ4n) is 3.23. The minimum atomic E-state index is -1.03. The van der Waals surface area contributed by atoms with Gasteiger partial charge in [0.05, 0.1) is 17.4 Å². The molecule has 4 heteroatoms. The molecular weight excluding hydrogens is 390 g/mol. The maximum absolute atomic E-state index is 12.3. The Morgan fingerprint density at radius 2 is 1.60 bits per heavy atom. The maximum Gasteiger partial charge on any atom is 0.0716 e. The molecule has 164 valence electrons. The Kier molecular flexibility index (Phi) is 12.4. The molecule has 0 spiro atoms. The minimum Gasteiger partial charge on any atom is -0.377 e. The predicted molar refractivity (Wildman–Crippen MR) is 128 cm³/mol. The third-order valence-corrected chi connectivity index (χ3v) is 6.52. The van der Waals surface area contributed by atoms with Crippen LogP contribution in [0.5, 0.6) is 0 Å². The first-order valence-electron chi connectivity index (χ1n) is 11.1. The van der Waals surface area contributed by atoms with Crippen LogP contribution < -0.4 is 5.73 Å². The molecule has 0 unspecified atom stereocenters. The van der Waals surface area contributed by atoms with E-state index in [1.54, 1.807) is 0 Å². The largest absolute Gasteiger partial charge is 0.377 e. The third kappa shape index (κ3) is 10.9. The lowest BCUT2D eigenvalue weighted by molar-refractivity contribution is 0.116. The third-order valence-electron chi connectivity index (χ3n) is 5.03. The zero-order chi connectivity index (χ0) is 21.4. The fourth-order valence-corrected chi connectivity index (χ4v) is 4.32. The standard InChI is InChI=1S/C26H37NO2S/c1-23-16-18-26(19-17-23)30(28)22-25(27)15-11-6-4-2-3-5-7-12-20-29-21-24-13-9-8-10-14-24/h8-11,13-19,25H,2-7,12,20-22,27H2,1H3/b15-11+/t25-,30-/m1/s1. The van der Waals surface area contributed by atoms with Crippen molar-refractivity contribution in [2.45, 2.75) is 69.4 Å². The van der Waals surface area contributed by atoms with E-state index in [4.69, 9.17) is 10.5 Å². The van der Waals surface area contributed by atoms with Gasteiger partial charge in [-0.3, -0.25) is 4.21 Å². The first-order valence-corrected chi connectivity index (χ1v) is 12.5. The van der Waals surface area contributed by atoms with Gasteiger partial charge in [-0.15, -0.1) is 0 Å².